The van der Waals surface area contributed by atoms with E-state index in [4.69, 9.17) is 5.73 Å². The molecule has 2 fully saturated rings. The first-order valence-corrected chi connectivity index (χ1v) is 5.58. The van der Waals surface area contributed by atoms with Crippen LogP contribution in [0.15, 0.2) is 0 Å². The molecule has 1 saturated carbocycles. The summed E-state index contributed by atoms with van der Waals surface area (Å²) in [5.74, 6) is -0.591. The molecule has 0 aromatic heterocycles. The number of hydrogen-bond donors (Lipinski definition) is 2. The van der Waals surface area contributed by atoms with E-state index in [0.717, 1.165) is 19.3 Å². The Hall–Kier alpha value is -1.10. The van der Waals surface area contributed by atoms with Crippen LogP contribution in [0.25, 0.3) is 0 Å². The number of ether oxygens (including phenoxy) is 1. The van der Waals surface area contributed by atoms with Crippen LogP contribution in [-0.4, -0.2) is 30.1 Å². The van der Waals surface area contributed by atoms with Gasteiger partial charge in [0, 0.05) is 11.5 Å². The predicted octanol–water partition coefficient (Wildman–Crippen LogP) is -0.0644. The van der Waals surface area contributed by atoms with Crippen molar-refractivity contribution in [1.82, 2.24) is 5.32 Å². The third kappa shape index (κ3) is 1.91. The second-order valence-corrected chi connectivity index (χ2v) is 5.28. The van der Waals surface area contributed by atoms with Crippen molar-refractivity contribution in [2.75, 3.05) is 7.11 Å². The Labute approximate surface area is 94.7 Å². The van der Waals surface area contributed by atoms with Gasteiger partial charge in [-0.25, -0.2) is 0 Å². The van der Waals surface area contributed by atoms with Crippen LogP contribution >= 0.6 is 0 Å². The number of rotatable bonds is 3. The fraction of sp³-hybridized carbons (Fsp3) is 0.818. The Morgan fingerprint density at radius 3 is 2.75 bits per heavy atom. The molecular weight excluding hydrogens is 208 g/mol. The van der Waals surface area contributed by atoms with Gasteiger partial charge in [-0.1, -0.05) is 0 Å². The summed E-state index contributed by atoms with van der Waals surface area (Å²) in [5, 5.41) is 2.99. The average Bonchev–Trinajstić information content (AvgIpc) is 2.87. The van der Waals surface area contributed by atoms with Gasteiger partial charge in [0.25, 0.3) is 0 Å². The molecule has 0 radical (unpaired) electrons. The maximum atomic E-state index is 11.7. The normalized spacial score (nSPS) is 29.7. The van der Waals surface area contributed by atoms with E-state index in [1.165, 1.54) is 7.11 Å². The van der Waals surface area contributed by atoms with Gasteiger partial charge in [-0.15, -0.1) is 0 Å². The number of nitrogens with two attached hydrogens (primary N) is 1. The monoisotopic (exact) mass is 226 g/mol. The topological polar surface area (TPSA) is 81.4 Å². The highest BCUT2D eigenvalue weighted by Gasteiger charge is 2.53. The van der Waals surface area contributed by atoms with Crippen molar-refractivity contribution < 1.29 is 14.3 Å². The van der Waals surface area contributed by atoms with Crippen molar-refractivity contribution in [2.45, 2.75) is 43.7 Å². The fourth-order valence-corrected chi connectivity index (χ4v) is 2.45. The van der Waals surface area contributed by atoms with Gasteiger partial charge >= 0.3 is 5.97 Å². The molecule has 1 amide bonds. The SMILES string of the molecule is COC(=O)[C@@](C)(N)C[C@@H]1CC2(CC2)NC1=O. The summed E-state index contributed by atoms with van der Waals surface area (Å²) < 4.78 is 4.63. The van der Waals surface area contributed by atoms with Crippen molar-refractivity contribution in [1.29, 1.82) is 0 Å². The third-order valence-electron chi connectivity index (χ3n) is 3.57. The van der Waals surface area contributed by atoms with E-state index < -0.39 is 11.5 Å². The van der Waals surface area contributed by atoms with Crippen LogP contribution in [0.4, 0.5) is 0 Å². The summed E-state index contributed by atoms with van der Waals surface area (Å²) >= 11 is 0. The van der Waals surface area contributed by atoms with Crippen molar-refractivity contribution in [3.63, 3.8) is 0 Å². The van der Waals surface area contributed by atoms with E-state index >= 15 is 0 Å². The second kappa shape index (κ2) is 3.45. The van der Waals surface area contributed by atoms with E-state index in [9.17, 15) is 9.59 Å². The zero-order valence-electron chi connectivity index (χ0n) is 9.71. The minimum atomic E-state index is -1.07. The molecule has 3 N–H and O–H groups in total. The van der Waals surface area contributed by atoms with Crippen LogP contribution in [0.5, 0.6) is 0 Å². The molecule has 0 bridgehead atoms. The Morgan fingerprint density at radius 2 is 2.31 bits per heavy atom. The van der Waals surface area contributed by atoms with Gasteiger partial charge in [0.2, 0.25) is 5.91 Å². The lowest BCUT2D eigenvalue weighted by Crippen LogP contribution is -2.48. The number of methoxy groups -OCH3 is 1. The Bertz CT molecular complexity index is 334. The molecular formula is C11H18N2O3. The highest BCUT2D eigenvalue weighted by molar-refractivity contribution is 5.85. The smallest absolute Gasteiger partial charge is 0.325 e. The lowest BCUT2D eigenvalue weighted by molar-refractivity contribution is -0.147. The van der Waals surface area contributed by atoms with Gasteiger partial charge in [0.15, 0.2) is 0 Å². The number of amides is 1. The van der Waals surface area contributed by atoms with Crippen LogP contribution in [-0.2, 0) is 14.3 Å². The summed E-state index contributed by atoms with van der Waals surface area (Å²) in [6.45, 7) is 1.62. The maximum Gasteiger partial charge on any atom is 0.325 e. The summed E-state index contributed by atoms with van der Waals surface area (Å²) in [4.78, 5) is 23.1. The van der Waals surface area contributed by atoms with E-state index in [2.05, 4.69) is 10.1 Å². The zero-order chi connectivity index (χ0) is 12.0. The van der Waals surface area contributed by atoms with E-state index in [1.54, 1.807) is 6.92 Å². The number of esters is 1. The molecule has 16 heavy (non-hydrogen) atoms. The molecule has 1 saturated heterocycles. The van der Waals surface area contributed by atoms with Crippen LogP contribution in [0.3, 0.4) is 0 Å². The molecule has 0 unspecified atom stereocenters. The first-order valence-electron chi connectivity index (χ1n) is 5.58. The Morgan fingerprint density at radius 1 is 1.69 bits per heavy atom. The van der Waals surface area contributed by atoms with Gasteiger partial charge in [-0.2, -0.15) is 0 Å². The number of carbonyl (C=O) groups excluding carboxylic acids is 2. The van der Waals surface area contributed by atoms with Crippen molar-refractivity contribution in [2.24, 2.45) is 11.7 Å². The van der Waals surface area contributed by atoms with E-state index in [0.29, 0.717) is 6.42 Å². The highest BCUT2D eigenvalue weighted by atomic mass is 16.5. The molecule has 1 heterocycles. The predicted molar refractivity (Wildman–Crippen MR) is 57.4 cm³/mol. The highest BCUT2D eigenvalue weighted by Crippen LogP contribution is 2.46. The van der Waals surface area contributed by atoms with Gasteiger partial charge in [0.05, 0.1) is 7.11 Å². The van der Waals surface area contributed by atoms with Gasteiger partial charge in [-0.3, -0.25) is 9.59 Å². The summed E-state index contributed by atoms with van der Waals surface area (Å²) in [6, 6.07) is 0. The molecule has 1 aliphatic heterocycles. The summed E-state index contributed by atoms with van der Waals surface area (Å²) in [6.07, 6.45) is 3.26. The van der Waals surface area contributed by atoms with E-state index in [1.807, 2.05) is 0 Å². The molecule has 2 atom stereocenters. The average molecular weight is 226 g/mol. The molecule has 90 valence electrons. The summed E-state index contributed by atoms with van der Waals surface area (Å²) in [7, 11) is 1.31. The molecule has 0 aromatic carbocycles. The van der Waals surface area contributed by atoms with Gasteiger partial charge in [-0.05, 0) is 32.6 Å². The molecule has 5 heteroatoms. The van der Waals surface area contributed by atoms with Crippen LogP contribution < -0.4 is 11.1 Å². The number of hydrogen-bond acceptors (Lipinski definition) is 4. The molecule has 1 aliphatic carbocycles. The Balaban J connectivity index is 1.99. The lowest BCUT2D eigenvalue weighted by atomic mass is 9.87. The lowest BCUT2D eigenvalue weighted by Gasteiger charge is -2.23. The largest absolute Gasteiger partial charge is 0.468 e. The Kier molecular flexibility index (Phi) is 2.45. The third-order valence-corrected chi connectivity index (χ3v) is 3.57. The molecule has 0 aromatic rings. The van der Waals surface area contributed by atoms with Crippen molar-refractivity contribution in [3.05, 3.63) is 0 Å². The number of carbonyl (C=O) groups is 2. The van der Waals surface area contributed by atoms with Crippen LogP contribution in [0.1, 0.15) is 32.6 Å². The molecule has 5 nitrogen and oxygen atoms in total. The van der Waals surface area contributed by atoms with Gasteiger partial charge in [0.1, 0.15) is 5.54 Å². The first kappa shape index (κ1) is 11.4. The quantitative estimate of drug-likeness (QED) is 0.660. The first-order chi connectivity index (χ1) is 7.38. The van der Waals surface area contributed by atoms with Gasteiger partial charge < -0.3 is 15.8 Å². The second-order valence-electron chi connectivity index (χ2n) is 5.28. The van der Waals surface area contributed by atoms with Crippen molar-refractivity contribution >= 4 is 11.9 Å². The van der Waals surface area contributed by atoms with Crippen LogP contribution in [0, 0.1) is 5.92 Å². The van der Waals surface area contributed by atoms with E-state index in [-0.39, 0.29) is 17.4 Å². The minimum absolute atomic E-state index is 0.0260. The maximum absolute atomic E-state index is 11.7. The molecule has 2 aliphatic rings. The molecule has 1 spiro atoms. The van der Waals surface area contributed by atoms with Crippen LogP contribution in [0.2, 0.25) is 0 Å². The molecule has 2 rings (SSSR count). The fourth-order valence-electron chi connectivity index (χ4n) is 2.45. The van der Waals surface area contributed by atoms with Crippen molar-refractivity contribution in [3.8, 4) is 0 Å². The standard InChI is InChI=1S/C11H18N2O3/c1-10(12,9(15)16-2)5-7-6-11(3-4-11)13-8(7)14/h7H,3-6,12H2,1-2H3,(H,13,14)/t7-,10+/m1/s1. The number of nitrogens with one attached hydrogen (secondary N) is 1. The minimum Gasteiger partial charge on any atom is -0.468 e. The summed E-state index contributed by atoms with van der Waals surface area (Å²) in [5.41, 5.74) is 4.83. The zero-order valence-corrected chi connectivity index (χ0v) is 9.71.